The molecule has 0 aliphatic carbocycles. The Labute approximate surface area is 184 Å². The molecule has 6 nitrogen and oxygen atoms in total. The lowest BCUT2D eigenvalue weighted by Gasteiger charge is -2.22. The van der Waals surface area contributed by atoms with Gasteiger partial charge in [-0.1, -0.05) is 58.0 Å². The molecule has 1 aliphatic rings. The van der Waals surface area contributed by atoms with Gasteiger partial charge in [-0.25, -0.2) is 0 Å². The van der Waals surface area contributed by atoms with Crippen LogP contribution in [-0.2, 0) is 6.42 Å². The number of halogens is 1. The molecule has 1 atom stereocenters. The van der Waals surface area contributed by atoms with Crippen molar-refractivity contribution in [1.82, 2.24) is 10.2 Å². The maximum atomic E-state index is 13.5. The molecule has 2 aromatic carbocycles. The maximum Gasteiger partial charge on any atom is 0.297 e. The van der Waals surface area contributed by atoms with Crippen LogP contribution in [0.1, 0.15) is 45.2 Å². The number of aromatic nitrogens is 2. The Morgan fingerprint density at radius 1 is 1.17 bits per heavy atom. The van der Waals surface area contributed by atoms with Crippen molar-refractivity contribution >= 4 is 49.3 Å². The van der Waals surface area contributed by atoms with Crippen molar-refractivity contribution in [3.05, 3.63) is 84.6 Å². The zero-order chi connectivity index (χ0) is 21.0. The first-order valence-electron chi connectivity index (χ1n) is 9.46. The molecule has 1 aliphatic heterocycles. The number of nitrogens with zero attached hydrogens (tertiary/aromatic N) is 3. The fourth-order valence-corrected chi connectivity index (χ4v) is 4.98. The number of fused-ring (bicyclic) bond motifs is 2. The number of anilines is 1. The summed E-state index contributed by atoms with van der Waals surface area (Å²) in [6.45, 7) is 3.90. The minimum Gasteiger partial charge on any atom is -0.450 e. The van der Waals surface area contributed by atoms with E-state index in [1.165, 1.54) is 16.2 Å². The maximum absolute atomic E-state index is 13.5. The van der Waals surface area contributed by atoms with Crippen LogP contribution in [0, 0.1) is 6.92 Å². The van der Waals surface area contributed by atoms with Gasteiger partial charge < -0.3 is 4.42 Å². The van der Waals surface area contributed by atoms with Crippen LogP contribution in [0.15, 0.2) is 56.1 Å². The summed E-state index contributed by atoms with van der Waals surface area (Å²) in [4.78, 5) is 28.5. The number of benzene rings is 2. The fraction of sp³-hybridized carbons (Fsp3) is 0.182. The Morgan fingerprint density at radius 2 is 2.00 bits per heavy atom. The summed E-state index contributed by atoms with van der Waals surface area (Å²) in [5, 5.41) is 10.1. The molecule has 3 heterocycles. The Morgan fingerprint density at radius 3 is 2.73 bits per heavy atom. The monoisotopic (exact) mass is 481 g/mol. The van der Waals surface area contributed by atoms with Crippen LogP contribution < -0.4 is 10.3 Å². The summed E-state index contributed by atoms with van der Waals surface area (Å²) in [6.07, 6.45) is 0.717. The first-order chi connectivity index (χ1) is 14.5. The first kappa shape index (κ1) is 19.1. The summed E-state index contributed by atoms with van der Waals surface area (Å²) in [7, 11) is 0. The smallest absolute Gasteiger partial charge is 0.297 e. The molecule has 30 heavy (non-hydrogen) atoms. The molecule has 0 bridgehead atoms. The number of rotatable bonds is 3. The Hall–Kier alpha value is -2.84. The zero-order valence-electron chi connectivity index (χ0n) is 16.2. The average Bonchev–Trinajstić information content (AvgIpc) is 3.31. The van der Waals surface area contributed by atoms with Gasteiger partial charge in [0.05, 0.1) is 17.0 Å². The number of hydrogen-bond donors (Lipinski definition) is 0. The Balaban J connectivity index is 1.82. The van der Waals surface area contributed by atoms with Gasteiger partial charge >= 0.3 is 0 Å². The van der Waals surface area contributed by atoms with Gasteiger partial charge in [0.15, 0.2) is 5.43 Å². The largest absolute Gasteiger partial charge is 0.450 e. The zero-order valence-corrected chi connectivity index (χ0v) is 18.6. The van der Waals surface area contributed by atoms with Crippen LogP contribution in [0.5, 0.6) is 0 Å². The van der Waals surface area contributed by atoms with Gasteiger partial charge in [-0.05, 0) is 43.2 Å². The minimum atomic E-state index is -0.635. The molecular weight excluding hydrogens is 466 g/mol. The van der Waals surface area contributed by atoms with Gasteiger partial charge in [-0.3, -0.25) is 14.5 Å². The van der Waals surface area contributed by atoms with Crippen molar-refractivity contribution in [3.63, 3.8) is 0 Å². The normalized spacial score (nSPS) is 15.8. The van der Waals surface area contributed by atoms with Gasteiger partial charge in [0.1, 0.15) is 10.6 Å². The van der Waals surface area contributed by atoms with Crippen molar-refractivity contribution < 1.29 is 9.21 Å². The lowest BCUT2D eigenvalue weighted by molar-refractivity contribution is 0.0970. The van der Waals surface area contributed by atoms with Gasteiger partial charge in [-0.2, -0.15) is 0 Å². The van der Waals surface area contributed by atoms with Crippen molar-refractivity contribution in [2.75, 3.05) is 4.90 Å². The third-order valence-corrected chi connectivity index (χ3v) is 6.71. The summed E-state index contributed by atoms with van der Waals surface area (Å²) in [6, 6.07) is 12.3. The van der Waals surface area contributed by atoms with Gasteiger partial charge in [0, 0.05) is 4.47 Å². The fourth-order valence-electron chi connectivity index (χ4n) is 3.76. The molecule has 4 aromatic rings. The lowest BCUT2D eigenvalue weighted by Crippen LogP contribution is -2.29. The highest BCUT2D eigenvalue weighted by molar-refractivity contribution is 9.10. The molecule has 2 aromatic heterocycles. The Bertz CT molecular complexity index is 1380. The molecule has 0 N–H and O–H groups in total. The molecule has 0 saturated heterocycles. The van der Waals surface area contributed by atoms with Gasteiger partial charge in [0.25, 0.3) is 5.91 Å². The van der Waals surface area contributed by atoms with E-state index in [1.807, 2.05) is 44.2 Å². The van der Waals surface area contributed by atoms with Gasteiger partial charge in [0.2, 0.25) is 10.9 Å². The quantitative estimate of drug-likeness (QED) is 0.410. The van der Waals surface area contributed by atoms with Crippen molar-refractivity contribution in [2.24, 2.45) is 0 Å². The standard InChI is InChI=1S/C22H16BrN3O3S/c1-3-16-24-25-22(30-16)26-18(12-5-4-6-13(23)10-12)17-19(27)14-9-11(2)7-8-15(14)29-20(17)21(26)28/h4-10,18H,3H2,1-2H3/t18-/m0/s1. The predicted octanol–water partition coefficient (Wildman–Crippen LogP) is 5.03. The number of carbonyl (C=O) groups excluding carboxylic acids is 1. The molecule has 0 radical (unpaired) electrons. The molecule has 5 rings (SSSR count). The van der Waals surface area contributed by atoms with Crippen LogP contribution in [0.4, 0.5) is 5.13 Å². The van der Waals surface area contributed by atoms with Crippen molar-refractivity contribution in [1.29, 1.82) is 0 Å². The lowest BCUT2D eigenvalue weighted by atomic mass is 9.98. The summed E-state index contributed by atoms with van der Waals surface area (Å²) in [5.74, 6) is -0.317. The molecule has 0 fully saturated rings. The summed E-state index contributed by atoms with van der Waals surface area (Å²) < 4.78 is 6.83. The molecular formula is C22H16BrN3O3S. The van der Waals surface area contributed by atoms with E-state index in [2.05, 4.69) is 26.1 Å². The number of amides is 1. The van der Waals surface area contributed by atoms with E-state index in [0.29, 0.717) is 28.1 Å². The van der Waals surface area contributed by atoms with Crippen molar-refractivity contribution in [3.8, 4) is 0 Å². The minimum absolute atomic E-state index is 0.0644. The molecule has 1 amide bonds. The van der Waals surface area contributed by atoms with Crippen LogP contribution in [0.3, 0.4) is 0 Å². The van der Waals surface area contributed by atoms with E-state index in [0.717, 1.165) is 20.6 Å². The van der Waals surface area contributed by atoms with Crippen molar-refractivity contribution in [2.45, 2.75) is 26.3 Å². The first-order valence-corrected chi connectivity index (χ1v) is 11.1. The van der Waals surface area contributed by atoms with E-state index in [9.17, 15) is 9.59 Å². The van der Waals surface area contributed by atoms with Crippen LogP contribution in [0.25, 0.3) is 11.0 Å². The van der Waals surface area contributed by atoms with E-state index in [4.69, 9.17) is 4.42 Å². The number of aryl methyl sites for hydroxylation is 2. The molecule has 0 unspecified atom stereocenters. The average molecular weight is 482 g/mol. The van der Waals surface area contributed by atoms with Crippen LogP contribution in [0.2, 0.25) is 0 Å². The third-order valence-electron chi connectivity index (χ3n) is 5.15. The molecule has 8 heteroatoms. The second-order valence-electron chi connectivity index (χ2n) is 7.14. The molecule has 0 spiro atoms. The topological polar surface area (TPSA) is 76.3 Å². The number of carbonyl (C=O) groups is 1. The molecule has 0 saturated carbocycles. The second-order valence-corrected chi connectivity index (χ2v) is 9.09. The predicted molar refractivity (Wildman–Crippen MR) is 119 cm³/mol. The van der Waals surface area contributed by atoms with Crippen LogP contribution >= 0.6 is 27.3 Å². The van der Waals surface area contributed by atoms with Crippen LogP contribution in [-0.4, -0.2) is 16.1 Å². The highest BCUT2D eigenvalue weighted by atomic mass is 79.9. The third kappa shape index (κ3) is 2.90. The molecule has 150 valence electrons. The van der Waals surface area contributed by atoms with E-state index >= 15 is 0 Å². The summed E-state index contributed by atoms with van der Waals surface area (Å²) in [5.41, 5.74) is 2.29. The number of hydrogen-bond acceptors (Lipinski definition) is 6. The van der Waals surface area contributed by atoms with Gasteiger partial charge in [-0.15, -0.1) is 10.2 Å². The SMILES string of the molecule is CCc1nnc(N2C(=O)c3oc4ccc(C)cc4c(=O)c3[C@@H]2c2cccc(Br)c2)s1. The highest BCUT2D eigenvalue weighted by Gasteiger charge is 2.45. The Kier molecular flexibility index (Phi) is 4.56. The van der Waals surface area contributed by atoms with E-state index in [1.54, 1.807) is 12.1 Å². The highest BCUT2D eigenvalue weighted by Crippen LogP contribution is 2.42. The van der Waals surface area contributed by atoms with E-state index < -0.39 is 6.04 Å². The van der Waals surface area contributed by atoms with E-state index in [-0.39, 0.29) is 17.1 Å². The summed E-state index contributed by atoms with van der Waals surface area (Å²) >= 11 is 4.84. The second kappa shape index (κ2) is 7.14.